The maximum absolute atomic E-state index is 13.3. The molecule has 0 unspecified atom stereocenters. The minimum absolute atomic E-state index is 0.0111. The summed E-state index contributed by atoms with van der Waals surface area (Å²) >= 11 is 1.66. The smallest absolute Gasteiger partial charge is 0.271 e. The van der Waals surface area contributed by atoms with Crippen LogP contribution in [0.3, 0.4) is 0 Å². The highest BCUT2D eigenvalue weighted by Gasteiger charge is 2.28. The molecule has 0 saturated carbocycles. The van der Waals surface area contributed by atoms with E-state index in [2.05, 4.69) is 11.4 Å². The first kappa shape index (κ1) is 25.3. The summed E-state index contributed by atoms with van der Waals surface area (Å²) < 4.78 is 27.5. The molecule has 0 heterocycles. The van der Waals surface area contributed by atoms with Crippen molar-refractivity contribution in [1.82, 2.24) is 5.32 Å². The van der Waals surface area contributed by atoms with Gasteiger partial charge in [-0.2, -0.15) is 11.8 Å². The van der Waals surface area contributed by atoms with Crippen molar-refractivity contribution in [3.8, 4) is 0 Å². The summed E-state index contributed by atoms with van der Waals surface area (Å²) in [6.45, 7) is 1.90. The van der Waals surface area contributed by atoms with Crippen LogP contribution in [0.15, 0.2) is 83.8 Å². The predicted molar refractivity (Wildman–Crippen MR) is 134 cm³/mol. The quantitative estimate of drug-likeness (QED) is 0.241. The van der Waals surface area contributed by atoms with Gasteiger partial charge in [0, 0.05) is 30.2 Å². The number of carbonyl (C=O) groups excluding carboxylic acids is 1. The standard InChI is InChI=1S/C24H25N3O5S2/c1-19-7-5-8-20(15-19)18-33-14-13-25-24(28)17-26(21-9-6-10-22(16-21)27(29)30)34(31,32)23-11-3-2-4-12-23/h2-12,15-16H,13-14,17-18H2,1H3,(H,25,28). The van der Waals surface area contributed by atoms with E-state index in [1.807, 2.05) is 25.1 Å². The molecule has 1 N–H and O–H groups in total. The molecule has 0 atom stereocenters. The molecule has 0 fully saturated rings. The van der Waals surface area contributed by atoms with Crippen LogP contribution in [0.4, 0.5) is 11.4 Å². The SMILES string of the molecule is Cc1cccc(CSCCNC(=O)CN(c2cccc([N+](=O)[O-])c2)S(=O)(=O)c2ccccc2)c1. The van der Waals surface area contributed by atoms with E-state index in [1.165, 1.54) is 41.5 Å². The predicted octanol–water partition coefficient (Wildman–Crippen LogP) is 4.15. The van der Waals surface area contributed by atoms with Gasteiger partial charge in [-0.05, 0) is 30.7 Å². The zero-order valence-corrected chi connectivity index (χ0v) is 20.2. The van der Waals surface area contributed by atoms with Gasteiger partial charge in [0.2, 0.25) is 5.91 Å². The average molecular weight is 500 g/mol. The second-order valence-corrected chi connectivity index (χ2v) is 10.5. The Bertz CT molecular complexity index is 1250. The molecule has 3 aromatic carbocycles. The van der Waals surface area contributed by atoms with Crippen LogP contribution in [-0.4, -0.2) is 38.1 Å². The van der Waals surface area contributed by atoms with Crippen LogP contribution >= 0.6 is 11.8 Å². The molecule has 0 aliphatic heterocycles. The molecule has 0 aliphatic rings. The molecule has 0 saturated heterocycles. The van der Waals surface area contributed by atoms with Gasteiger partial charge < -0.3 is 5.32 Å². The molecule has 0 aromatic heterocycles. The first-order valence-electron chi connectivity index (χ1n) is 10.5. The maximum atomic E-state index is 13.3. The Kier molecular flexibility index (Phi) is 8.67. The fraction of sp³-hybridized carbons (Fsp3) is 0.208. The van der Waals surface area contributed by atoms with Gasteiger partial charge in [-0.25, -0.2) is 8.42 Å². The number of thioether (sulfide) groups is 1. The average Bonchev–Trinajstić information content (AvgIpc) is 2.83. The molecule has 8 nitrogen and oxygen atoms in total. The molecule has 178 valence electrons. The number of nitro benzene ring substituents is 1. The Labute approximate surface area is 203 Å². The highest BCUT2D eigenvalue weighted by molar-refractivity contribution is 7.98. The third-order valence-corrected chi connectivity index (χ3v) is 7.69. The molecule has 0 bridgehead atoms. The molecular weight excluding hydrogens is 474 g/mol. The summed E-state index contributed by atoms with van der Waals surface area (Å²) in [7, 11) is -4.12. The van der Waals surface area contributed by atoms with Crippen molar-refractivity contribution < 1.29 is 18.1 Å². The van der Waals surface area contributed by atoms with Crippen molar-refractivity contribution in [3.63, 3.8) is 0 Å². The number of hydrogen-bond acceptors (Lipinski definition) is 6. The van der Waals surface area contributed by atoms with Crippen LogP contribution in [0.5, 0.6) is 0 Å². The lowest BCUT2D eigenvalue weighted by atomic mass is 10.2. The Balaban J connectivity index is 1.68. The third-order valence-electron chi connectivity index (χ3n) is 4.87. The summed E-state index contributed by atoms with van der Waals surface area (Å²) in [4.78, 5) is 23.2. The van der Waals surface area contributed by atoms with Gasteiger partial charge in [0.1, 0.15) is 6.54 Å². The number of aryl methyl sites for hydroxylation is 1. The van der Waals surface area contributed by atoms with Crippen LogP contribution in [0.2, 0.25) is 0 Å². The van der Waals surface area contributed by atoms with E-state index in [4.69, 9.17) is 0 Å². The minimum Gasteiger partial charge on any atom is -0.354 e. The van der Waals surface area contributed by atoms with Gasteiger partial charge in [0.15, 0.2) is 0 Å². The molecule has 3 aromatic rings. The monoisotopic (exact) mass is 499 g/mol. The summed E-state index contributed by atoms with van der Waals surface area (Å²) in [5.41, 5.74) is 2.16. The van der Waals surface area contributed by atoms with Crippen LogP contribution in [0.1, 0.15) is 11.1 Å². The minimum atomic E-state index is -4.12. The summed E-state index contributed by atoms with van der Waals surface area (Å²) in [5.74, 6) is 0.962. The van der Waals surface area contributed by atoms with Crippen LogP contribution in [0, 0.1) is 17.0 Å². The molecule has 0 spiro atoms. The number of benzene rings is 3. The Hall–Kier alpha value is -3.37. The lowest BCUT2D eigenvalue weighted by Gasteiger charge is -2.24. The van der Waals surface area contributed by atoms with Crippen LogP contribution in [0.25, 0.3) is 0 Å². The fourth-order valence-electron chi connectivity index (χ4n) is 3.24. The highest BCUT2D eigenvalue weighted by Crippen LogP contribution is 2.26. The second-order valence-electron chi connectivity index (χ2n) is 7.49. The first-order valence-corrected chi connectivity index (χ1v) is 13.1. The summed E-state index contributed by atoms with van der Waals surface area (Å²) in [6.07, 6.45) is 0. The Morgan fingerprint density at radius 2 is 1.76 bits per heavy atom. The molecule has 0 aliphatic carbocycles. The van der Waals surface area contributed by atoms with E-state index >= 15 is 0 Å². The highest BCUT2D eigenvalue weighted by atomic mass is 32.2. The topological polar surface area (TPSA) is 110 Å². The largest absolute Gasteiger partial charge is 0.354 e. The van der Waals surface area contributed by atoms with Crippen molar-refractivity contribution in [2.75, 3.05) is 23.1 Å². The van der Waals surface area contributed by atoms with Gasteiger partial charge in [-0.3, -0.25) is 19.2 Å². The zero-order valence-electron chi connectivity index (χ0n) is 18.6. The molecular formula is C24H25N3O5S2. The second kappa shape index (κ2) is 11.7. The van der Waals surface area contributed by atoms with E-state index in [1.54, 1.807) is 30.0 Å². The Morgan fingerprint density at radius 3 is 2.47 bits per heavy atom. The van der Waals surface area contributed by atoms with Gasteiger partial charge >= 0.3 is 0 Å². The number of nitrogens with zero attached hydrogens (tertiary/aromatic N) is 2. The summed E-state index contributed by atoms with van der Waals surface area (Å²) in [6, 6.07) is 21.1. The number of nitro groups is 1. The normalized spacial score (nSPS) is 11.1. The van der Waals surface area contributed by atoms with Crippen LogP contribution in [-0.2, 0) is 20.6 Å². The molecule has 34 heavy (non-hydrogen) atoms. The number of amides is 1. The Morgan fingerprint density at radius 1 is 1.03 bits per heavy atom. The van der Waals surface area contributed by atoms with E-state index in [0.717, 1.165) is 16.1 Å². The van der Waals surface area contributed by atoms with Crippen molar-refractivity contribution >= 4 is 39.1 Å². The number of nitrogens with one attached hydrogen (secondary N) is 1. The third kappa shape index (κ3) is 6.82. The van der Waals surface area contributed by atoms with Crippen molar-refractivity contribution in [2.45, 2.75) is 17.6 Å². The van der Waals surface area contributed by atoms with E-state index in [9.17, 15) is 23.3 Å². The number of non-ortho nitro benzene ring substituents is 1. The number of sulfonamides is 1. The van der Waals surface area contributed by atoms with Gasteiger partial charge in [0.25, 0.3) is 15.7 Å². The first-order chi connectivity index (χ1) is 16.3. The summed E-state index contributed by atoms with van der Waals surface area (Å²) in [5, 5.41) is 13.9. The van der Waals surface area contributed by atoms with Gasteiger partial charge in [0.05, 0.1) is 15.5 Å². The number of rotatable bonds is 11. The molecule has 3 rings (SSSR count). The number of hydrogen-bond donors (Lipinski definition) is 1. The van der Waals surface area contributed by atoms with E-state index in [-0.39, 0.29) is 16.3 Å². The number of carbonyl (C=O) groups is 1. The molecule has 0 radical (unpaired) electrons. The molecule has 1 amide bonds. The van der Waals surface area contributed by atoms with Crippen LogP contribution < -0.4 is 9.62 Å². The lowest BCUT2D eigenvalue weighted by molar-refractivity contribution is -0.384. The van der Waals surface area contributed by atoms with Gasteiger partial charge in [-0.1, -0.05) is 54.1 Å². The lowest BCUT2D eigenvalue weighted by Crippen LogP contribution is -2.41. The van der Waals surface area contributed by atoms with E-state index < -0.39 is 27.4 Å². The van der Waals surface area contributed by atoms with Crippen molar-refractivity contribution in [1.29, 1.82) is 0 Å². The molecule has 10 heteroatoms. The maximum Gasteiger partial charge on any atom is 0.271 e. The van der Waals surface area contributed by atoms with Crippen molar-refractivity contribution in [3.05, 3.63) is 100 Å². The number of anilines is 1. The van der Waals surface area contributed by atoms with Crippen molar-refractivity contribution in [2.24, 2.45) is 0 Å². The van der Waals surface area contributed by atoms with E-state index in [0.29, 0.717) is 12.3 Å². The van der Waals surface area contributed by atoms with Gasteiger partial charge in [-0.15, -0.1) is 0 Å². The zero-order chi connectivity index (χ0) is 24.6. The fourth-order valence-corrected chi connectivity index (χ4v) is 5.48.